The van der Waals surface area contributed by atoms with Crippen LogP contribution in [0, 0.1) is 0 Å². The number of halogens is 2. The number of benzene rings is 1. The van der Waals surface area contributed by atoms with E-state index in [1.807, 2.05) is 0 Å². The zero-order chi connectivity index (χ0) is 17.8. The van der Waals surface area contributed by atoms with E-state index in [2.05, 4.69) is 26.2 Å². The molecule has 1 aliphatic rings. The van der Waals surface area contributed by atoms with Crippen molar-refractivity contribution in [3.63, 3.8) is 0 Å². The van der Waals surface area contributed by atoms with Gasteiger partial charge in [0.1, 0.15) is 6.10 Å². The Kier molecular flexibility index (Phi) is 5.78. The summed E-state index contributed by atoms with van der Waals surface area (Å²) in [4.78, 5) is 16.5. The molecule has 6 nitrogen and oxygen atoms in total. The molecule has 1 atom stereocenters. The Bertz CT molecular complexity index is 761. The van der Waals surface area contributed by atoms with Gasteiger partial charge in [0.2, 0.25) is 0 Å². The third kappa shape index (κ3) is 4.23. The molecule has 1 aromatic heterocycles. The van der Waals surface area contributed by atoms with E-state index in [1.54, 1.807) is 31.5 Å². The second-order valence-electron chi connectivity index (χ2n) is 5.40. The minimum atomic E-state index is -0.316. The Labute approximate surface area is 158 Å². The topological polar surface area (TPSA) is 69.7 Å². The van der Waals surface area contributed by atoms with E-state index in [1.165, 1.54) is 6.20 Å². The van der Waals surface area contributed by atoms with Crippen molar-refractivity contribution in [2.45, 2.75) is 12.5 Å². The van der Waals surface area contributed by atoms with E-state index < -0.39 is 0 Å². The van der Waals surface area contributed by atoms with Gasteiger partial charge in [0, 0.05) is 24.4 Å². The van der Waals surface area contributed by atoms with Crippen LogP contribution in [0.3, 0.4) is 0 Å². The van der Waals surface area contributed by atoms with Crippen molar-refractivity contribution in [2.24, 2.45) is 0 Å². The van der Waals surface area contributed by atoms with Crippen molar-refractivity contribution >= 4 is 39.1 Å². The molecule has 0 aliphatic carbocycles. The maximum Gasteiger partial charge on any atom is 0.255 e. The highest BCUT2D eigenvalue weighted by Gasteiger charge is 2.20. The lowest BCUT2D eigenvalue weighted by molar-refractivity contribution is 0.102. The Morgan fingerprint density at radius 3 is 2.92 bits per heavy atom. The van der Waals surface area contributed by atoms with E-state index in [4.69, 9.17) is 25.8 Å². The number of aromatic nitrogens is 1. The van der Waals surface area contributed by atoms with E-state index in [0.29, 0.717) is 45.5 Å². The summed E-state index contributed by atoms with van der Waals surface area (Å²) in [5, 5.41) is 3.12. The Balaban J connectivity index is 1.82. The molecule has 0 radical (unpaired) electrons. The molecule has 0 bridgehead atoms. The molecule has 3 rings (SSSR count). The molecular weight excluding hydrogens is 412 g/mol. The minimum absolute atomic E-state index is 0.0454. The van der Waals surface area contributed by atoms with Crippen molar-refractivity contribution in [1.82, 2.24) is 4.98 Å². The SMILES string of the molecule is COc1ccc(C(=O)Nc2c(Cl)cncc2Br)cc1OC1CCOC1. The molecule has 0 saturated carbocycles. The number of ether oxygens (including phenoxy) is 3. The van der Waals surface area contributed by atoms with Crippen LogP contribution in [0.2, 0.25) is 5.02 Å². The highest BCUT2D eigenvalue weighted by molar-refractivity contribution is 9.10. The molecule has 0 spiro atoms. The highest BCUT2D eigenvalue weighted by atomic mass is 79.9. The quantitative estimate of drug-likeness (QED) is 0.783. The smallest absolute Gasteiger partial charge is 0.255 e. The summed E-state index contributed by atoms with van der Waals surface area (Å²) in [6.45, 7) is 1.20. The predicted molar refractivity (Wildman–Crippen MR) is 97.7 cm³/mol. The average Bonchev–Trinajstić information content (AvgIpc) is 3.11. The lowest BCUT2D eigenvalue weighted by atomic mass is 10.1. The third-order valence-corrected chi connectivity index (χ3v) is 4.59. The maximum absolute atomic E-state index is 12.6. The molecule has 2 aromatic rings. The molecule has 1 aromatic carbocycles. The Hall–Kier alpha value is -1.83. The summed E-state index contributed by atoms with van der Waals surface area (Å²) < 4.78 is 17.1. The van der Waals surface area contributed by atoms with Crippen molar-refractivity contribution in [1.29, 1.82) is 0 Å². The van der Waals surface area contributed by atoms with Crippen LogP contribution >= 0.6 is 27.5 Å². The molecule has 2 heterocycles. The van der Waals surface area contributed by atoms with Gasteiger partial charge in [0.15, 0.2) is 11.5 Å². The lowest BCUT2D eigenvalue weighted by Crippen LogP contribution is -2.17. The lowest BCUT2D eigenvalue weighted by Gasteiger charge is -2.16. The molecule has 1 amide bonds. The van der Waals surface area contributed by atoms with Gasteiger partial charge in [0.25, 0.3) is 5.91 Å². The summed E-state index contributed by atoms with van der Waals surface area (Å²) in [6, 6.07) is 5.01. The van der Waals surface area contributed by atoms with Crippen LogP contribution in [0.25, 0.3) is 0 Å². The van der Waals surface area contributed by atoms with Gasteiger partial charge in [-0.15, -0.1) is 0 Å². The van der Waals surface area contributed by atoms with Crippen LogP contribution in [-0.4, -0.2) is 37.3 Å². The molecular formula is C17H16BrClN2O4. The third-order valence-electron chi connectivity index (χ3n) is 3.70. The van der Waals surface area contributed by atoms with E-state index in [9.17, 15) is 4.79 Å². The standard InChI is InChI=1S/C17H16BrClN2O4/c1-23-14-3-2-10(6-15(14)25-11-4-5-24-9-11)17(22)21-16-12(18)7-20-8-13(16)19/h2-3,6-8,11H,4-5,9H2,1H3,(H,20,21,22). The van der Waals surface area contributed by atoms with Gasteiger partial charge in [-0.3, -0.25) is 9.78 Å². The molecule has 25 heavy (non-hydrogen) atoms. The number of amides is 1. The number of hydrogen-bond acceptors (Lipinski definition) is 5. The monoisotopic (exact) mass is 426 g/mol. The van der Waals surface area contributed by atoms with Crippen LogP contribution < -0.4 is 14.8 Å². The van der Waals surface area contributed by atoms with E-state index in [0.717, 1.165) is 6.42 Å². The summed E-state index contributed by atoms with van der Waals surface area (Å²) in [7, 11) is 1.56. The number of carbonyl (C=O) groups excluding carboxylic acids is 1. The number of nitrogens with zero attached hydrogens (tertiary/aromatic N) is 1. The number of nitrogens with one attached hydrogen (secondary N) is 1. The Morgan fingerprint density at radius 2 is 2.24 bits per heavy atom. The molecule has 8 heteroatoms. The van der Waals surface area contributed by atoms with Gasteiger partial charge >= 0.3 is 0 Å². The van der Waals surface area contributed by atoms with Gasteiger partial charge in [-0.25, -0.2) is 0 Å². The first kappa shape index (κ1) is 18.0. The first-order valence-electron chi connectivity index (χ1n) is 7.61. The fourth-order valence-corrected chi connectivity index (χ4v) is 3.16. The van der Waals surface area contributed by atoms with Gasteiger partial charge in [-0.2, -0.15) is 0 Å². The summed E-state index contributed by atoms with van der Waals surface area (Å²) in [5.41, 5.74) is 0.888. The first-order chi connectivity index (χ1) is 12.1. The number of anilines is 1. The van der Waals surface area contributed by atoms with Crippen LogP contribution in [-0.2, 0) is 4.74 Å². The van der Waals surface area contributed by atoms with Gasteiger partial charge in [-0.05, 0) is 34.1 Å². The van der Waals surface area contributed by atoms with Crippen molar-refractivity contribution in [3.8, 4) is 11.5 Å². The second-order valence-corrected chi connectivity index (χ2v) is 6.66. The second kappa shape index (κ2) is 8.03. The summed E-state index contributed by atoms with van der Waals surface area (Å²) >= 11 is 9.41. The fourth-order valence-electron chi connectivity index (χ4n) is 2.41. The largest absolute Gasteiger partial charge is 0.493 e. The zero-order valence-corrected chi connectivity index (χ0v) is 15.8. The first-order valence-corrected chi connectivity index (χ1v) is 8.78. The fraction of sp³-hybridized carbons (Fsp3) is 0.294. The zero-order valence-electron chi connectivity index (χ0n) is 13.4. The average molecular weight is 428 g/mol. The number of hydrogen-bond donors (Lipinski definition) is 1. The highest BCUT2D eigenvalue weighted by Crippen LogP contribution is 2.32. The van der Waals surface area contributed by atoms with Crippen molar-refractivity contribution in [2.75, 3.05) is 25.6 Å². The number of methoxy groups -OCH3 is 1. The summed E-state index contributed by atoms with van der Waals surface area (Å²) in [6.07, 6.45) is 3.78. The Morgan fingerprint density at radius 1 is 1.40 bits per heavy atom. The normalized spacial score (nSPS) is 16.5. The molecule has 1 unspecified atom stereocenters. The molecule has 1 fully saturated rings. The predicted octanol–water partition coefficient (Wildman–Crippen LogP) is 3.93. The minimum Gasteiger partial charge on any atom is -0.493 e. The number of rotatable bonds is 5. The summed E-state index contributed by atoms with van der Waals surface area (Å²) in [5.74, 6) is 0.751. The van der Waals surface area contributed by atoms with Crippen LogP contribution in [0.15, 0.2) is 35.1 Å². The van der Waals surface area contributed by atoms with Crippen LogP contribution in [0.4, 0.5) is 5.69 Å². The van der Waals surface area contributed by atoms with Crippen LogP contribution in [0.1, 0.15) is 16.8 Å². The van der Waals surface area contributed by atoms with Crippen molar-refractivity contribution in [3.05, 3.63) is 45.7 Å². The molecule has 1 N–H and O–H groups in total. The molecule has 132 valence electrons. The van der Waals surface area contributed by atoms with Crippen molar-refractivity contribution < 1.29 is 19.0 Å². The number of carbonyl (C=O) groups is 1. The van der Waals surface area contributed by atoms with Gasteiger partial charge in [-0.1, -0.05) is 11.6 Å². The number of pyridine rings is 1. The van der Waals surface area contributed by atoms with Crippen LogP contribution in [0.5, 0.6) is 11.5 Å². The van der Waals surface area contributed by atoms with E-state index in [-0.39, 0.29) is 12.0 Å². The van der Waals surface area contributed by atoms with Gasteiger partial charge in [0.05, 0.1) is 35.5 Å². The van der Waals surface area contributed by atoms with E-state index >= 15 is 0 Å². The molecule has 1 aliphatic heterocycles. The van der Waals surface area contributed by atoms with Gasteiger partial charge < -0.3 is 19.5 Å². The maximum atomic E-state index is 12.6. The molecule has 1 saturated heterocycles.